The molecule has 0 N–H and O–H groups in total. The van der Waals surface area contributed by atoms with Crippen molar-refractivity contribution in [3.05, 3.63) is 65.2 Å². The summed E-state index contributed by atoms with van der Waals surface area (Å²) in [6.45, 7) is 7.33. The molecule has 2 aromatic carbocycles. The van der Waals surface area contributed by atoms with E-state index in [9.17, 15) is 4.79 Å². The summed E-state index contributed by atoms with van der Waals surface area (Å²) < 4.78 is 5.64. The lowest BCUT2D eigenvalue weighted by atomic mass is 9.50. The molecule has 2 nitrogen and oxygen atoms in total. The van der Waals surface area contributed by atoms with Crippen molar-refractivity contribution in [1.82, 2.24) is 0 Å². The maximum Gasteiger partial charge on any atom is 0.343 e. The summed E-state index contributed by atoms with van der Waals surface area (Å²) in [6, 6.07) is 15.5. The van der Waals surface area contributed by atoms with Crippen LogP contribution in [0.25, 0.3) is 0 Å². The number of hydrogen-bond donors (Lipinski definition) is 0. The van der Waals surface area contributed by atoms with Crippen LogP contribution in [0.4, 0.5) is 0 Å². The van der Waals surface area contributed by atoms with Gasteiger partial charge in [-0.3, -0.25) is 0 Å². The van der Waals surface area contributed by atoms with Crippen LogP contribution in [0.5, 0.6) is 5.75 Å². The number of benzene rings is 2. The molecular weight excluding hydrogens is 320 g/mol. The number of hydrogen-bond acceptors (Lipinski definition) is 2. The van der Waals surface area contributed by atoms with Crippen LogP contribution < -0.4 is 4.74 Å². The maximum atomic E-state index is 12.3. The number of carbonyl (C=O) groups excluding carboxylic acids is 1. The van der Waals surface area contributed by atoms with Gasteiger partial charge in [-0.15, -0.1) is 0 Å². The first-order valence-electron chi connectivity index (χ1n) is 9.81. The van der Waals surface area contributed by atoms with E-state index in [0.29, 0.717) is 16.7 Å². The van der Waals surface area contributed by atoms with Crippen molar-refractivity contribution in [3.63, 3.8) is 0 Å². The summed E-state index contributed by atoms with van der Waals surface area (Å²) in [5.41, 5.74) is 4.08. The highest BCUT2D eigenvalue weighted by Gasteiger charge is 2.49. The fourth-order valence-electron chi connectivity index (χ4n) is 5.59. The van der Waals surface area contributed by atoms with Gasteiger partial charge in [0.05, 0.1) is 5.56 Å². The Bertz CT molecular complexity index is 821. The van der Waals surface area contributed by atoms with Gasteiger partial charge in [-0.1, -0.05) is 51.5 Å². The Kier molecular flexibility index (Phi) is 4.17. The lowest BCUT2D eigenvalue weighted by Crippen LogP contribution is -2.47. The molecule has 136 valence electrons. The summed E-state index contributed by atoms with van der Waals surface area (Å²) in [4.78, 5) is 12.3. The normalized spacial score (nSPS) is 26.5. The van der Waals surface area contributed by atoms with Crippen molar-refractivity contribution in [3.8, 4) is 5.75 Å². The number of fused-ring (bicyclic) bond motifs is 3. The number of esters is 1. The number of carbonyl (C=O) groups is 1. The van der Waals surface area contributed by atoms with E-state index < -0.39 is 0 Å². The second-order valence-electron chi connectivity index (χ2n) is 8.93. The molecule has 1 fully saturated rings. The summed E-state index contributed by atoms with van der Waals surface area (Å²) in [5, 5.41) is 0. The lowest BCUT2D eigenvalue weighted by molar-refractivity contribution is 0.0406. The Morgan fingerprint density at radius 3 is 2.58 bits per heavy atom. The van der Waals surface area contributed by atoms with E-state index in [1.165, 1.54) is 36.8 Å². The number of rotatable bonds is 2. The molecule has 0 heterocycles. The predicted molar refractivity (Wildman–Crippen MR) is 105 cm³/mol. The van der Waals surface area contributed by atoms with E-state index in [2.05, 4.69) is 32.9 Å². The number of aryl methyl sites for hydroxylation is 1. The zero-order chi connectivity index (χ0) is 18.4. The third-order valence-electron chi connectivity index (χ3n) is 6.84. The standard InChI is InChI=1S/C24H28O2/c1-23(2)14-7-15-24(3)20-12-11-19(16-18(20)10-13-21(23)24)26-22(25)17-8-5-4-6-9-17/h4-6,8-9,11-12,16,21H,7,10,13-15H2,1-3H3/t21-,24+/m0/s1. The zero-order valence-corrected chi connectivity index (χ0v) is 16.0. The molecular formula is C24H28O2. The molecule has 0 unspecified atom stereocenters. The predicted octanol–water partition coefficient (Wildman–Crippen LogP) is 5.94. The van der Waals surface area contributed by atoms with E-state index in [4.69, 9.17) is 4.74 Å². The fourth-order valence-corrected chi connectivity index (χ4v) is 5.59. The molecule has 0 radical (unpaired) electrons. The van der Waals surface area contributed by atoms with Crippen LogP contribution in [0, 0.1) is 11.3 Å². The van der Waals surface area contributed by atoms with E-state index >= 15 is 0 Å². The first-order chi connectivity index (χ1) is 12.4. The average Bonchev–Trinajstić information content (AvgIpc) is 2.61. The van der Waals surface area contributed by atoms with Crippen molar-refractivity contribution in [2.24, 2.45) is 11.3 Å². The van der Waals surface area contributed by atoms with Crippen molar-refractivity contribution >= 4 is 5.97 Å². The molecule has 2 aromatic rings. The van der Waals surface area contributed by atoms with Crippen LogP contribution in [0.2, 0.25) is 0 Å². The third kappa shape index (κ3) is 2.86. The average molecular weight is 348 g/mol. The molecule has 26 heavy (non-hydrogen) atoms. The molecule has 0 bridgehead atoms. The van der Waals surface area contributed by atoms with Crippen molar-refractivity contribution < 1.29 is 9.53 Å². The maximum absolute atomic E-state index is 12.3. The summed E-state index contributed by atoms with van der Waals surface area (Å²) in [5.74, 6) is 1.10. The van der Waals surface area contributed by atoms with Gasteiger partial charge in [-0.2, -0.15) is 0 Å². The molecule has 0 saturated heterocycles. The second-order valence-corrected chi connectivity index (χ2v) is 8.93. The van der Waals surface area contributed by atoms with Crippen LogP contribution in [0.3, 0.4) is 0 Å². The summed E-state index contributed by atoms with van der Waals surface area (Å²) in [7, 11) is 0. The number of ether oxygens (including phenoxy) is 1. The van der Waals surface area contributed by atoms with E-state index in [0.717, 1.165) is 12.3 Å². The van der Waals surface area contributed by atoms with Gasteiger partial charge in [0.1, 0.15) is 5.75 Å². The van der Waals surface area contributed by atoms with Crippen molar-refractivity contribution in [2.45, 2.75) is 58.3 Å². The minimum absolute atomic E-state index is 0.247. The highest BCUT2D eigenvalue weighted by molar-refractivity contribution is 5.91. The van der Waals surface area contributed by atoms with Gasteiger partial charge >= 0.3 is 5.97 Å². The third-order valence-corrected chi connectivity index (χ3v) is 6.84. The van der Waals surface area contributed by atoms with Crippen LogP contribution in [0.1, 0.15) is 67.9 Å². The van der Waals surface area contributed by atoms with Gasteiger partial charge in [0, 0.05) is 0 Å². The van der Waals surface area contributed by atoms with Gasteiger partial charge < -0.3 is 4.74 Å². The Labute approximate surface area is 156 Å². The quantitative estimate of drug-likeness (QED) is 0.496. The summed E-state index contributed by atoms with van der Waals surface area (Å²) in [6.07, 6.45) is 6.19. The monoisotopic (exact) mass is 348 g/mol. The first-order valence-corrected chi connectivity index (χ1v) is 9.81. The highest BCUT2D eigenvalue weighted by Crippen LogP contribution is 2.57. The Hall–Kier alpha value is -2.09. The van der Waals surface area contributed by atoms with Crippen molar-refractivity contribution in [2.75, 3.05) is 0 Å². The van der Waals surface area contributed by atoms with Gasteiger partial charge in [0.2, 0.25) is 0 Å². The van der Waals surface area contributed by atoms with Gasteiger partial charge in [0.25, 0.3) is 0 Å². The fraction of sp³-hybridized carbons (Fsp3) is 0.458. The molecule has 1 saturated carbocycles. The minimum atomic E-state index is -0.288. The zero-order valence-electron chi connectivity index (χ0n) is 16.0. The van der Waals surface area contributed by atoms with Crippen LogP contribution in [-0.2, 0) is 11.8 Å². The minimum Gasteiger partial charge on any atom is -0.423 e. The molecule has 0 spiro atoms. The molecule has 0 aromatic heterocycles. The van der Waals surface area contributed by atoms with E-state index in [-0.39, 0.29) is 11.4 Å². The molecule has 2 heteroatoms. The van der Waals surface area contributed by atoms with Crippen molar-refractivity contribution in [1.29, 1.82) is 0 Å². The molecule has 0 aliphatic heterocycles. The van der Waals surface area contributed by atoms with Crippen LogP contribution >= 0.6 is 0 Å². The van der Waals surface area contributed by atoms with E-state index in [1.807, 2.05) is 24.3 Å². The Morgan fingerprint density at radius 1 is 1.04 bits per heavy atom. The molecule has 0 amide bonds. The van der Waals surface area contributed by atoms with Crippen LogP contribution in [0.15, 0.2) is 48.5 Å². The van der Waals surface area contributed by atoms with Gasteiger partial charge in [-0.05, 0) is 77.8 Å². The molecule has 2 aliphatic carbocycles. The Balaban J connectivity index is 1.62. The first kappa shape index (κ1) is 17.3. The smallest absolute Gasteiger partial charge is 0.343 e. The largest absolute Gasteiger partial charge is 0.423 e. The molecule has 2 aliphatic rings. The lowest BCUT2D eigenvalue weighted by Gasteiger charge is -2.54. The van der Waals surface area contributed by atoms with E-state index in [1.54, 1.807) is 12.1 Å². The van der Waals surface area contributed by atoms with Gasteiger partial charge in [-0.25, -0.2) is 4.79 Å². The second kappa shape index (κ2) is 6.26. The Morgan fingerprint density at radius 2 is 1.81 bits per heavy atom. The SMILES string of the molecule is CC1(C)CCC[C@]2(C)c3ccc(OC(=O)c4ccccc4)cc3CC[C@@H]12. The molecule has 4 rings (SSSR count). The topological polar surface area (TPSA) is 26.3 Å². The summed E-state index contributed by atoms with van der Waals surface area (Å²) >= 11 is 0. The van der Waals surface area contributed by atoms with Gasteiger partial charge in [0.15, 0.2) is 0 Å². The molecule has 2 atom stereocenters. The van der Waals surface area contributed by atoms with Crippen LogP contribution in [-0.4, -0.2) is 5.97 Å². The highest BCUT2D eigenvalue weighted by atomic mass is 16.5.